The maximum Gasteiger partial charge on any atom is 0.253 e. The van der Waals surface area contributed by atoms with Gasteiger partial charge in [-0.25, -0.2) is 0 Å². The van der Waals surface area contributed by atoms with Crippen LogP contribution in [-0.2, 0) is 6.54 Å². The third-order valence-corrected chi connectivity index (χ3v) is 4.40. The Hall–Kier alpha value is -3.14. The van der Waals surface area contributed by atoms with E-state index < -0.39 is 0 Å². The molecule has 1 amide bonds. The molecule has 3 rings (SSSR count). The number of hydrogen-bond donors (Lipinski definition) is 2. The second kappa shape index (κ2) is 8.49. The zero-order valence-electron chi connectivity index (χ0n) is 15.2. The van der Waals surface area contributed by atoms with Crippen LogP contribution in [0.25, 0.3) is 11.1 Å². The lowest BCUT2D eigenvalue weighted by atomic mass is 10.00. The smallest absolute Gasteiger partial charge is 0.253 e. The van der Waals surface area contributed by atoms with Crippen molar-refractivity contribution in [2.45, 2.75) is 34.7 Å². The molecule has 0 aliphatic carbocycles. The minimum absolute atomic E-state index is 0. The second-order valence-corrected chi connectivity index (χ2v) is 6.59. The van der Waals surface area contributed by atoms with Gasteiger partial charge in [0.05, 0.1) is 5.56 Å². The van der Waals surface area contributed by atoms with Gasteiger partial charge in [0, 0.05) is 24.5 Å². The average molecular weight is 362 g/mol. The van der Waals surface area contributed by atoms with Crippen LogP contribution in [0.15, 0.2) is 54.9 Å². The molecular formula is C23H26N2O2. The maximum atomic E-state index is 12.5. The number of rotatable bonds is 4. The monoisotopic (exact) mass is 362 g/mol. The van der Waals surface area contributed by atoms with Crippen molar-refractivity contribution in [2.75, 3.05) is 0 Å². The Bertz CT molecular complexity index is 924. The molecule has 0 spiro atoms. The third-order valence-electron chi connectivity index (χ3n) is 4.40. The van der Waals surface area contributed by atoms with Crippen LogP contribution in [0, 0.1) is 20.8 Å². The molecule has 0 aliphatic rings. The summed E-state index contributed by atoms with van der Waals surface area (Å²) >= 11 is 0. The first kappa shape index (κ1) is 20.2. The van der Waals surface area contributed by atoms with Gasteiger partial charge in [0.15, 0.2) is 0 Å². The van der Waals surface area contributed by atoms with Gasteiger partial charge in [0.1, 0.15) is 5.75 Å². The van der Waals surface area contributed by atoms with Crippen LogP contribution in [0.5, 0.6) is 5.75 Å². The number of nitrogens with one attached hydrogen (secondary N) is 1. The van der Waals surface area contributed by atoms with Gasteiger partial charge in [-0.1, -0.05) is 37.3 Å². The Morgan fingerprint density at radius 2 is 1.59 bits per heavy atom. The van der Waals surface area contributed by atoms with Crippen molar-refractivity contribution < 1.29 is 9.90 Å². The highest BCUT2D eigenvalue weighted by Gasteiger charge is 2.10. The van der Waals surface area contributed by atoms with Gasteiger partial charge in [-0.3, -0.25) is 9.78 Å². The molecule has 3 aromatic rings. The number of pyridine rings is 1. The Morgan fingerprint density at radius 1 is 0.963 bits per heavy atom. The number of phenolic OH excluding ortho intramolecular Hbond substituents is 1. The first-order chi connectivity index (χ1) is 12.4. The lowest BCUT2D eigenvalue weighted by Crippen LogP contribution is -2.22. The number of aryl methyl sites for hydroxylation is 3. The molecule has 1 heterocycles. The summed E-state index contributed by atoms with van der Waals surface area (Å²) in [6.45, 7) is 6.22. The van der Waals surface area contributed by atoms with E-state index in [-0.39, 0.29) is 13.3 Å². The summed E-state index contributed by atoms with van der Waals surface area (Å²) in [5.74, 6) is 0.140. The van der Waals surface area contributed by atoms with Crippen LogP contribution in [-0.4, -0.2) is 16.0 Å². The average Bonchev–Trinajstić information content (AvgIpc) is 2.65. The molecule has 4 nitrogen and oxygen atoms in total. The van der Waals surface area contributed by atoms with Crippen LogP contribution in [0.4, 0.5) is 0 Å². The first-order valence-electron chi connectivity index (χ1n) is 8.53. The summed E-state index contributed by atoms with van der Waals surface area (Å²) in [6, 6.07) is 13.7. The van der Waals surface area contributed by atoms with Crippen LogP contribution in [0.2, 0.25) is 0 Å². The molecule has 0 fully saturated rings. The highest BCUT2D eigenvalue weighted by Crippen LogP contribution is 2.29. The molecule has 0 bridgehead atoms. The second-order valence-electron chi connectivity index (χ2n) is 6.59. The molecular weight excluding hydrogens is 336 g/mol. The fourth-order valence-electron chi connectivity index (χ4n) is 2.83. The lowest BCUT2D eigenvalue weighted by molar-refractivity contribution is 0.0950. The molecule has 140 valence electrons. The number of aromatic hydroxyl groups is 1. The Kier molecular flexibility index (Phi) is 6.35. The van der Waals surface area contributed by atoms with E-state index >= 15 is 0 Å². The van der Waals surface area contributed by atoms with E-state index in [0.29, 0.717) is 17.9 Å². The van der Waals surface area contributed by atoms with E-state index in [1.807, 2.05) is 63.2 Å². The van der Waals surface area contributed by atoms with Crippen molar-refractivity contribution in [3.8, 4) is 16.9 Å². The third kappa shape index (κ3) is 4.73. The van der Waals surface area contributed by atoms with Crippen molar-refractivity contribution >= 4 is 5.91 Å². The van der Waals surface area contributed by atoms with Crippen LogP contribution < -0.4 is 5.32 Å². The summed E-state index contributed by atoms with van der Waals surface area (Å²) in [5, 5.41) is 12.9. The van der Waals surface area contributed by atoms with Gasteiger partial charge >= 0.3 is 0 Å². The molecule has 27 heavy (non-hydrogen) atoms. The number of carbonyl (C=O) groups is 1. The van der Waals surface area contributed by atoms with Gasteiger partial charge in [-0.2, -0.15) is 0 Å². The number of aromatic nitrogens is 1. The zero-order valence-corrected chi connectivity index (χ0v) is 15.2. The standard InChI is InChI=1S/C22H22N2O2.CH4/c1-14-4-6-17(7-5-14)11-24-22(26)20-10-19(12-23-13-20)18-8-15(2)21(25)16(3)9-18;/h4-10,12-13,25H,11H2,1-3H3,(H,24,26);1H4. The maximum absolute atomic E-state index is 12.5. The number of carbonyl (C=O) groups excluding carboxylic acids is 1. The highest BCUT2D eigenvalue weighted by atomic mass is 16.3. The van der Waals surface area contributed by atoms with Crippen molar-refractivity contribution in [2.24, 2.45) is 0 Å². The summed E-state index contributed by atoms with van der Waals surface area (Å²) in [5.41, 5.74) is 6.13. The van der Waals surface area contributed by atoms with E-state index in [9.17, 15) is 9.90 Å². The van der Waals surface area contributed by atoms with Gasteiger partial charge in [0.2, 0.25) is 0 Å². The summed E-state index contributed by atoms with van der Waals surface area (Å²) in [6.07, 6.45) is 3.29. The molecule has 1 aromatic heterocycles. The molecule has 0 atom stereocenters. The number of phenols is 1. The van der Waals surface area contributed by atoms with E-state index in [0.717, 1.165) is 27.8 Å². The lowest BCUT2D eigenvalue weighted by Gasteiger charge is -2.10. The number of hydrogen-bond acceptors (Lipinski definition) is 3. The minimum atomic E-state index is -0.160. The van der Waals surface area contributed by atoms with Gasteiger partial charge in [-0.05, 0) is 61.2 Å². The van der Waals surface area contributed by atoms with Crippen LogP contribution in [0.3, 0.4) is 0 Å². The molecule has 2 N–H and O–H groups in total. The molecule has 0 saturated heterocycles. The van der Waals surface area contributed by atoms with Gasteiger partial charge in [0.25, 0.3) is 5.91 Å². The molecule has 2 aromatic carbocycles. The predicted octanol–water partition coefficient (Wildman–Crippen LogP) is 4.95. The molecule has 0 aliphatic heterocycles. The van der Waals surface area contributed by atoms with Gasteiger partial charge in [-0.15, -0.1) is 0 Å². The number of benzene rings is 2. The van der Waals surface area contributed by atoms with Crippen LogP contribution >= 0.6 is 0 Å². The molecule has 0 unspecified atom stereocenters. The SMILES string of the molecule is C.Cc1ccc(CNC(=O)c2cncc(-c3cc(C)c(O)c(C)c3)c2)cc1. The Labute approximate surface area is 160 Å². The quantitative estimate of drug-likeness (QED) is 0.690. The van der Waals surface area contributed by atoms with Crippen LogP contribution in [0.1, 0.15) is 40.0 Å². The largest absolute Gasteiger partial charge is 0.507 e. The molecule has 0 saturated carbocycles. The van der Waals surface area contributed by atoms with Crippen molar-refractivity contribution in [1.29, 1.82) is 0 Å². The topological polar surface area (TPSA) is 62.2 Å². The fourth-order valence-corrected chi connectivity index (χ4v) is 2.83. The van der Waals surface area contributed by atoms with E-state index in [4.69, 9.17) is 0 Å². The first-order valence-corrected chi connectivity index (χ1v) is 8.53. The number of amides is 1. The summed E-state index contributed by atoms with van der Waals surface area (Å²) in [4.78, 5) is 16.7. The Balaban J connectivity index is 0.00000261. The van der Waals surface area contributed by atoms with E-state index in [2.05, 4.69) is 10.3 Å². The number of nitrogens with zero attached hydrogens (tertiary/aromatic N) is 1. The molecule has 0 radical (unpaired) electrons. The van der Waals surface area contributed by atoms with E-state index in [1.54, 1.807) is 12.4 Å². The van der Waals surface area contributed by atoms with Crippen molar-refractivity contribution in [3.63, 3.8) is 0 Å². The highest BCUT2D eigenvalue weighted by molar-refractivity contribution is 5.95. The summed E-state index contributed by atoms with van der Waals surface area (Å²) < 4.78 is 0. The molecule has 4 heteroatoms. The van der Waals surface area contributed by atoms with Gasteiger partial charge < -0.3 is 10.4 Å². The van der Waals surface area contributed by atoms with E-state index in [1.165, 1.54) is 5.56 Å². The Morgan fingerprint density at radius 3 is 2.22 bits per heavy atom. The fraction of sp³-hybridized carbons (Fsp3) is 0.217. The van der Waals surface area contributed by atoms with Crippen molar-refractivity contribution in [3.05, 3.63) is 82.7 Å². The normalized spacial score (nSPS) is 10.2. The zero-order chi connectivity index (χ0) is 18.7. The summed E-state index contributed by atoms with van der Waals surface area (Å²) in [7, 11) is 0. The van der Waals surface area contributed by atoms with Crippen molar-refractivity contribution in [1.82, 2.24) is 10.3 Å². The predicted molar refractivity (Wildman–Crippen MR) is 110 cm³/mol. The minimum Gasteiger partial charge on any atom is -0.507 e.